The topological polar surface area (TPSA) is 81.5 Å². The van der Waals surface area contributed by atoms with Gasteiger partial charge in [0, 0.05) is 81.2 Å². The molecule has 2 aliphatic heterocycles. The van der Waals surface area contributed by atoms with Crippen LogP contribution in [0.4, 0.5) is 5.95 Å². The van der Waals surface area contributed by atoms with Crippen molar-refractivity contribution in [1.29, 1.82) is 0 Å². The fraction of sp³-hybridized carbons (Fsp3) is 0.600. The van der Waals surface area contributed by atoms with E-state index in [1.807, 2.05) is 6.20 Å². The Kier molecular flexibility index (Phi) is 7.92. The molecule has 3 aromatic rings. The van der Waals surface area contributed by atoms with Gasteiger partial charge >= 0.3 is 0 Å². The van der Waals surface area contributed by atoms with Gasteiger partial charge in [0.2, 0.25) is 5.95 Å². The van der Waals surface area contributed by atoms with Crippen molar-refractivity contribution in [2.75, 3.05) is 51.1 Å². The Morgan fingerprint density at radius 1 is 1.00 bits per heavy atom. The van der Waals surface area contributed by atoms with Crippen molar-refractivity contribution in [2.24, 2.45) is 0 Å². The average molecular weight is 518 g/mol. The summed E-state index contributed by atoms with van der Waals surface area (Å²) in [6.07, 6.45) is 10.1. The molecule has 204 valence electrons. The second-order valence-corrected chi connectivity index (χ2v) is 11.4. The van der Waals surface area contributed by atoms with Crippen LogP contribution in [0.5, 0.6) is 0 Å². The number of fused-ring (bicyclic) bond motifs is 1. The number of hydrogen-bond acceptors (Lipinski definition) is 7. The van der Waals surface area contributed by atoms with Crippen molar-refractivity contribution in [1.82, 2.24) is 29.7 Å². The van der Waals surface area contributed by atoms with Crippen LogP contribution >= 0.6 is 0 Å². The summed E-state index contributed by atoms with van der Waals surface area (Å²) in [4.78, 5) is 14.9. The van der Waals surface area contributed by atoms with Gasteiger partial charge in [0.25, 0.3) is 0 Å². The van der Waals surface area contributed by atoms with Gasteiger partial charge in [-0.05, 0) is 56.2 Å². The number of piperazine rings is 1. The summed E-state index contributed by atoms with van der Waals surface area (Å²) >= 11 is 0. The van der Waals surface area contributed by atoms with Gasteiger partial charge in [0.15, 0.2) is 0 Å². The van der Waals surface area contributed by atoms with E-state index in [2.05, 4.69) is 67.4 Å². The zero-order valence-electron chi connectivity index (χ0n) is 22.8. The number of anilines is 1. The summed E-state index contributed by atoms with van der Waals surface area (Å²) < 4.78 is 2.35. The largest absolute Gasteiger partial charge is 0.393 e. The van der Waals surface area contributed by atoms with Gasteiger partial charge in [0.1, 0.15) is 5.65 Å². The lowest BCUT2D eigenvalue weighted by Crippen LogP contribution is -2.50. The first-order valence-electron chi connectivity index (χ1n) is 14.7. The van der Waals surface area contributed by atoms with Crippen molar-refractivity contribution in [3.05, 3.63) is 42.2 Å². The smallest absolute Gasteiger partial charge is 0.224 e. The molecule has 1 aromatic carbocycles. The number of hydrogen-bond donors (Lipinski definition) is 3. The molecule has 0 spiro atoms. The minimum absolute atomic E-state index is 0.167. The Bertz CT molecular complexity index is 1190. The first-order valence-corrected chi connectivity index (χ1v) is 14.7. The molecule has 2 saturated heterocycles. The minimum Gasteiger partial charge on any atom is -0.393 e. The zero-order valence-corrected chi connectivity index (χ0v) is 22.8. The monoisotopic (exact) mass is 517 g/mol. The van der Waals surface area contributed by atoms with Crippen LogP contribution in [0, 0.1) is 0 Å². The van der Waals surface area contributed by atoms with Crippen LogP contribution in [0.2, 0.25) is 0 Å². The van der Waals surface area contributed by atoms with Gasteiger partial charge in [-0.25, -0.2) is 4.98 Å². The van der Waals surface area contributed by atoms with Crippen LogP contribution in [0.3, 0.4) is 0 Å². The molecule has 38 heavy (non-hydrogen) atoms. The van der Waals surface area contributed by atoms with E-state index in [9.17, 15) is 5.11 Å². The molecule has 3 aliphatic rings. The van der Waals surface area contributed by atoms with E-state index in [0.29, 0.717) is 12.0 Å². The van der Waals surface area contributed by atoms with Crippen LogP contribution in [0.1, 0.15) is 57.1 Å². The lowest BCUT2D eigenvalue weighted by Gasteiger charge is -2.37. The van der Waals surface area contributed by atoms with E-state index in [-0.39, 0.29) is 6.10 Å². The van der Waals surface area contributed by atoms with E-state index < -0.39 is 0 Å². The van der Waals surface area contributed by atoms with Crippen LogP contribution in [0.15, 0.2) is 36.7 Å². The second-order valence-electron chi connectivity index (χ2n) is 11.4. The van der Waals surface area contributed by atoms with Crippen LogP contribution in [-0.4, -0.2) is 87.4 Å². The Morgan fingerprint density at radius 2 is 1.79 bits per heavy atom. The third-order valence-corrected chi connectivity index (χ3v) is 8.79. The van der Waals surface area contributed by atoms with Crippen LogP contribution < -0.4 is 10.6 Å². The molecule has 3 fully saturated rings. The molecule has 1 unspecified atom stereocenters. The average Bonchev–Trinajstić information content (AvgIpc) is 3.62. The van der Waals surface area contributed by atoms with Gasteiger partial charge in [-0.3, -0.25) is 9.80 Å². The Balaban J connectivity index is 1.19. The highest BCUT2D eigenvalue weighted by Crippen LogP contribution is 2.36. The quantitative estimate of drug-likeness (QED) is 0.418. The number of rotatable bonds is 8. The number of benzene rings is 1. The summed E-state index contributed by atoms with van der Waals surface area (Å²) in [7, 11) is 0. The molecule has 0 radical (unpaired) electrons. The third-order valence-electron chi connectivity index (χ3n) is 8.79. The predicted molar refractivity (Wildman–Crippen MR) is 153 cm³/mol. The van der Waals surface area contributed by atoms with Gasteiger partial charge < -0.3 is 20.3 Å². The summed E-state index contributed by atoms with van der Waals surface area (Å²) in [6, 6.07) is 10.2. The molecule has 3 N–H and O–H groups in total. The first kappa shape index (κ1) is 25.7. The summed E-state index contributed by atoms with van der Waals surface area (Å²) in [5.74, 6) is 0.695. The first-order chi connectivity index (χ1) is 18.7. The fourth-order valence-electron chi connectivity index (χ4n) is 6.48. The van der Waals surface area contributed by atoms with E-state index in [0.717, 1.165) is 81.9 Å². The highest BCUT2D eigenvalue weighted by molar-refractivity contribution is 5.94. The number of aliphatic hydroxyl groups excluding tert-OH is 1. The highest BCUT2D eigenvalue weighted by atomic mass is 16.3. The van der Waals surface area contributed by atoms with Crippen molar-refractivity contribution in [3.63, 3.8) is 0 Å². The molecule has 4 heterocycles. The maximum Gasteiger partial charge on any atom is 0.224 e. The molecule has 8 heteroatoms. The lowest BCUT2D eigenvalue weighted by molar-refractivity contribution is 0.0981. The van der Waals surface area contributed by atoms with E-state index in [1.165, 1.54) is 42.7 Å². The number of nitrogens with one attached hydrogen (secondary N) is 2. The van der Waals surface area contributed by atoms with Gasteiger partial charge in [-0.2, -0.15) is 4.98 Å². The highest BCUT2D eigenvalue weighted by Gasteiger charge is 2.26. The number of nitrogens with zero attached hydrogens (tertiary/aromatic N) is 5. The third kappa shape index (κ3) is 5.59. The van der Waals surface area contributed by atoms with Crippen molar-refractivity contribution < 1.29 is 5.11 Å². The molecule has 0 bridgehead atoms. The molecule has 2 aromatic heterocycles. The molecule has 1 atom stereocenters. The number of aromatic nitrogens is 3. The summed E-state index contributed by atoms with van der Waals surface area (Å²) in [5, 5.41) is 18.0. The molecular formula is C30H43N7O. The van der Waals surface area contributed by atoms with Gasteiger partial charge in [-0.1, -0.05) is 31.2 Å². The van der Waals surface area contributed by atoms with Crippen molar-refractivity contribution in [2.45, 2.75) is 70.2 Å². The molecule has 1 saturated carbocycles. The van der Waals surface area contributed by atoms with Crippen molar-refractivity contribution >= 4 is 17.0 Å². The van der Waals surface area contributed by atoms with Gasteiger partial charge in [-0.15, -0.1) is 0 Å². The van der Waals surface area contributed by atoms with E-state index in [1.54, 1.807) is 0 Å². The molecule has 1 aliphatic carbocycles. The van der Waals surface area contributed by atoms with E-state index >= 15 is 0 Å². The van der Waals surface area contributed by atoms with Crippen LogP contribution in [-0.2, 0) is 6.54 Å². The standard InChI is InChI=1S/C30H43N7O/c1-2-12-32-30-33-19-27-28(21-37(29(27)34-30)24-7-9-26(38)10-8-24)23-5-3-22(4-6-23)20-35-14-16-36(17-15-35)25-11-13-31-18-25/h3-6,19,21,24-26,31,38H,2,7-18,20H2,1H3,(H,32,33,34). The summed E-state index contributed by atoms with van der Waals surface area (Å²) in [5.41, 5.74) is 4.77. The molecule has 0 amide bonds. The number of aliphatic hydroxyl groups is 1. The Hall–Kier alpha value is -2.52. The molecular weight excluding hydrogens is 474 g/mol. The predicted octanol–water partition coefficient (Wildman–Crippen LogP) is 3.88. The molecule has 6 rings (SSSR count). The Morgan fingerprint density at radius 3 is 2.50 bits per heavy atom. The second kappa shape index (κ2) is 11.7. The van der Waals surface area contributed by atoms with E-state index in [4.69, 9.17) is 4.98 Å². The lowest BCUT2D eigenvalue weighted by atomic mass is 9.93. The van der Waals surface area contributed by atoms with Crippen LogP contribution in [0.25, 0.3) is 22.2 Å². The SMILES string of the molecule is CCCNc1ncc2c(-c3ccc(CN4CCN(C5CCNC5)CC4)cc3)cn(C3CCC(O)CC3)c2n1. The normalized spacial score (nSPS) is 25.3. The maximum atomic E-state index is 10.1. The van der Waals surface area contributed by atoms with Gasteiger partial charge in [0.05, 0.1) is 6.10 Å². The Labute approximate surface area is 226 Å². The molecule has 8 nitrogen and oxygen atoms in total. The fourth-order valence-corrected chi connectivity index (χ4v) is 6.48. The minimum atomic E-state index is -0.167. The zero-order chi connectivity index (χ0) is 25.9. The maximum absolute atomic E-state index is 10.1. The summed E-state index contributed by atoms with van der Waals surface area (Å²) in [6.45, 7) is 11.0. The van der Waals surface area contributed by atoms with Crippen molar-refractivity contribution in [3.8, 4) is 11.1 Å².